The number of aliphatic hydroxyl groups excluding tert-OH is 1. The van der Waals surface area contributed by atoms with Gasteiger partial charge in [0.1, 0.15) is 0 Å². The van der Waals surface area contributed by atoms with Gasteiger partial charge in [-0.25, -0.2) is 13.1 Å². The van der Waals surface area contributed by atoms with Crippen LogP contribution in [0.5, 0.6) is 0 Å². The monoisotopic (exact) mass is 303 g/mol. The Balaban J connectivity index is 2.01. The van der Waals surface area contributed by atoms with Gasteiger partial charge in [0.25, 0.3) is 0 Å². The first-order valence-electron chi connectivity index (χ1n) is 6.71. The first kappa shape index (κ1) is 15.0. The van der Waals surface area contributed by atoms with Crippen LogP contribution in [0.3, 0.4) is 0 Å². The minimum atomic E-state index is -3.48. The zero-order valence-electron chi connectivity index (χ0n) is 11.1. The van der Waals surface area contributed by atoms with Crippen molar-refractivity contribution in [3.8, 4) is 0 Å². The summed E-state index contributed by atoms with van der Waals surface area (Å²) in [6.07, 6.45) is 4.73. The van der Waals surface area contributed by atoms with Crippen LogP contribution in [0.25, 0.3) is 0 Å². The van der Waals surface area contributed by atoms with Crippen LogP contribution in [0.15, 0.2) is 16.3 Å². The van der Waals surface area contributed by atoms with Crippen molar-refractivity contribution in [2.24, 2.45) is 11.8 Å². The van der Waals surface area contributed by atoms with Gasteiger partial charge in [-0.1, -0.05) is 26.2 Å². The van der Waals surface area contributed by atoms with Crippen LogP contribution < -0.4 is 4.72 Å². The molecule has 0 aliphatic heterocycles. The van der Waals surface area contributed by atoms with Gasteiger partial charge in [-0.3, -0.25) is 0 Å². The third-order valence-corrected chi connectivity index (χ3v) is 6.51. The molecule has 2 atom stereocenters. The maximum atomic E-state index is 12.2. The molecule has 108 valence electrons. The predicted octanol–water partition coefficient (Wildman–Crippen LogP) is 2.35. The summed E-state index contributed by atoms with van der Waals surface area (Å²) in [5, 5.41) is 10.8. The van der Waals surface area contributed by atoms with Gasteiger partial charge in [-0.2, -0.15) is 0 Å². The van der Waals surface area contributed by atoms with E-state index in [-0.39, 0.29) is 11.5 Å². The molecule has 1 aromatic rings. The molecule has 2 rings (SSSR count). The summed E-state index contributed by atoms with van der Waals surface area (Å²) >= 11 is 1.27. The molecule has 1 aliphatic carbocycles. The minimum Gasteiger partial charge on any atom is -0.391 e. The second-order valence-corrected chi connectivity index (χ2v) is 7.98. The molecule has 2 N–H and O–H groups in total. The summed E-state index contributed by atoms with van der Waals surface area (Å²) < 4.78 is 27.1. The standard InChI is InChI=1S/C13H21NO3S2/c1-10-4-2-3-5-11(10)8-14-19(16,17)13-6-7-18-12(13)9-15/h6-7,10-11,14-15H,2-5,8-9H2,1H3. The Bertz CT molecular complexity index is 510. The van der Waals surface area contributed by atoms with E-state index in [2.05, 4.69) is 11.6 Å². The fraction of sp³-hybridized carbons (Fsp3) is 0.692. The highest BCUT2D eigenvalue weighted by molar-refractivity contribution is 7.89. The van der Waals surface area contributed by atoms with Crippen molar-refractivity contribution in [2.45, 2.75) is 44.1 Å². The van der Waals surface area contributed by atoms with E-state index >= 15 is 0 Å². The second kappa shape index (κ2) is 6.35. The van der Waals surface area contributed by atoms with Crippen molar-refractivity contribution >= 4 is 21.4 Å². The average molecular weight is 303 g/mol. The first-order valence-corrected chi connectivity index (χ1v) is 9.07. The third-order valence-electron chi connectivity index (χ3n) is 3.96. The molecule has 0 bridgehead atoms. The maximum absolute atomic E-state index is 12.2. The van der Waals surface area contributed by atoms with Gasteiger partial charge in [0.05, 0.1) is 11.5 Å². The molecule has 2 unspecified atom stereocenters. The highest BCUT2D eigenvalue weighted by atomic mass is 32.2. The molecule has 4 nitrogen and oxygen atoms in total. The molecule has 0 spiro atoms. The van der Waals surface area contributed by atoms with Gasteiger partial charge >= 0.3 is 0 Å². The molecule has 19 heavy (non-hydrogen) atoms. The summed E-state index contributed by atoms with van der Waals surface area (Å²) in [6.45, 7) is 2.47. The van der Waals surface area contributed by atoms with E-state index in [1.54, 1.807) is 11.4 Å². The van der Waals surface area contributed by atoms with Gasteiger partial charge in [-0.15, -0.1) is 11.3 Å². The van der Waals surface area contributed by atoms with E-state index in [0.29, 0.717) is 23.3 Å². The lowest BCUT2D eigenvalue weighted by atomic mass is 9.81. The zero-order valence-corrected chi connectivity index (χ0v) is 12.8. The van der Waals surface area contributed by atoms with E-state index in [9.17, 15) is 8.42 Å². The van der Waals surface area contributed by atoms with Crippen molar-refractivity contribution in [3.63, 3.8) is 0 Å². The largest absolute Gasteiger partial charge is 0.391 e. The van der Waals surface area contributed by atoms with Gasteiger partial charge in [0.2, 0.25) is 10.0 Å². The van der Waals surface area contributed by atoms with Gasteiger partial charge in [0.15, 0.2) is 0 Å². The van der Waals surface area contributed by atoms with E-state index < -0.39 is 10.0 Å². The Hall–Kier alpha value is -0.430. The fourth-order valence-corrected chi connectivity index (χ4v) is 5.06. The summed E-state index contributed by atoms with van der Waals surface area (Å²) in [6, 6.07) is 1.56. The molecular formula is C13H21NO3S2. The Labute approximate surface area is 118 Å². The summed E-state index contributed by atoms with van der Waals surface area (Å²) in [5.41, 5.74) is 0. The molecule has 0 radical (unpaired) electrons. The molecule has 0 amide bonds. The van der Waals surface area contributed by atoms with Crippen molar-refractivity contribution in [2.75, 3.05) is 6.54 Å². The lowest BCUT2D eigenvalue weighted by Crippen LogP contribution is -2.33. The van der Waals surface area contributed by atoms with Crippen LogP contribution in [0.1, 0.15) is 37.5 Å². The number of rotatable bonds is 5. The van der Waals surface area contributed by atoms with Crippen molar-refractivity contribution in [1.82, 2.24) is 4.72 Å². The molecule has 1 heterocycles. The van der Waals surface area contributed by atoms with Crippen LogP contribution in [0.2, 0.25) is 0 Å². The van der Waals surface area contributed by atoms with Crippen LogP contribution >= 0.6 is 11.3 Å². The van der Waals surface area contributed by atoms with Crippen LogP contribution in [0, 0.1) is 11.8 Å². The third kappa shape index (κ3) is 3.56. The molecular weight excluding hydrogens is 282 g/mol. The van der Waals surface area contributed by atoms with Gasteiger partial charge in [-0.05, 0) is 29.7 Å². The highest BCUT2D eigenvalue weighted by Crippen LogP contribution is 2.29. The Morgan fingerprint density at radius 2 is 2.16 bits per heavy atom. The van der Waals surface area contributed by atoms with E-state index in [4.69, 9.17) is 5.11 Å². The van der Waals surface area contributed by atoms with E-state index in [1.165, 1.54) is 30.6 Å². The summed E-state index contributed by atoms with van der Waals surface area (Å²) in [5.74, 6) is 1.01. The number of hydrogen-bond donors (Lipinski definition) is 2. The van der Waals surface area contributed by atoms with Crippen LogP contribution in [-0.4, -0.2) is 20.1 Å². The minimum absolute atomic E-state index is 0.225. The smallest absolute Gasteiger partial charge is 0.241 e. The fourth-order valence-electron chi connectivity index (χ4n) is 2.67. The lowest BCUT2D eigenvalue weighted by molar-refractivity contribution is 0.257. The normalized spacial score (nSPS) is 24.5. The topological polar surface area (TPSA) is 66.4 Å². The molecule has 1 aromatic heterocycles. The molecule has 1 aliphatic rings. The summed E-state index contributed by atoms with van der Waals surface area (Å²) in [4.78, 5) is 0.729. The number of nitrogens with one attached hydrogen (secondary N) is 1. The Morgan fingerprint density at radius 3 is 2.84 bits per heavy atom. The SMILES string of the molecule is CC1CCCCC1CNS(=O)(=O)c1ccsc1CO. The van der Waals surface area contributed by atoms with E-state index in [1.807, 2.05) is 0 Å². The Morgan fingerprint density at radius 1 is 1.42 bits per heavy atom. The Kier molecular flexibility index (Phi) is 5.00. The van der Waals surface area contributed by atoms with Crippen molar-refractivity contribution in [3.05, 3.63) is 16.3 Å². The molecule has 0 aromatic carbocycles. The highest BCUT2D eigenvalue weighted by Gasteiger charge is 2.25. The van der Waals surface area contributed by atoms with Crippen LogP contribution in [0.4, 0.5) is 0 Å². The second-order valence-electron chi connectivity index (χ2n) is 5.24. The number of thiophene rings is 1. The molecule has 1 saturated carbocycles. The zero-order chi connectivity index (χ0) is 13.9. The van der Waals surface area contributed by atoms with E-state index in [0.717, 1.165) is 6.42 Å². The quantitative estimate of drug-likeness (QED) is 0.877. The van der Waals surface area contributed by atoms with Crippen molar-refractivity contribution < 1.29 is 13.5 Å². The lowest BCUT2D eigenvalue weighted by Gasteiger charge is -2.28. The first-order chi connectivity index (χ1) is 9.04. The average Bonchev–Trinajstić information content (AvgIpc) is 2.87. The predicted molar refractivity (Wildman–Crippen MR) is 76.6 cm³/mol. The molecule has 1 fully saturated rings. The number of aliphatic hydroxyl groups is 1. The molecule has 6 heteroatoms. The van der Waals surface area contributed by atoms with Crippen molar-refractivity contribution in [1.29, 1.82) is 0 Å². The van der Waals surface area contributed by atoms with Gasteiger partial charge in [0, 0.05) is 11.4 Å². The van der Waals surface area contributed by atoms with Gasteiger partial charge < -0.3 is 5.11 Å². The number of hydrogen-bond acceptors (Lipinski definition) is 4. The maximum Gasteiger partial charge on any atom is 0.241 e. The number of sulfonamides is 1. The summed E-state index contributed by atoms with van der Waals surface area (Å²) in [7, 11) is -3.48. The van der Waals surface area contributed by atoms with Crippen LogP contribution in [-0.2, 0) is 16.6 Å². The molecule has 0 saturated heterocycles.